The van der Waals surface area contributed by atoms with Gasteiger partial charge in [-0.25, -0.2) is 0 Å². The molecule has 0 unspecified atom stereocenters. The molecule has 0 atom stereocenters. The highest BCUT2D eigenvalue weighted by Gasteiger charge is 2.13. The van der Waals surface area contributed by atoms with E-state index in [-0.39, 0.29) is 12.4 Å². The fraction of sp³-hybridized carbons (Fsp3) is 0.0909. The Balaban J connectivity index is 1.90. The summed E-state index contributed by atoms with van der Waals surface area (Å²) >= 11 is 0. The van der Waals surface area contributed by atoms with Gasteiger partial charge in [0.25, 0.3) is 0 Å². The maximum atomic E-state index is 12.1. The molecule has 0 spiro atoms. The van der Waals surface area contributed by atoms with E-state index in [0.717, 1.165) is 17.1 Å². The van der Waals surface area contributed by atoms with Crippen molar-refractivity contribution >= 4 is 28.8 Å². The minimum absolute atomic E-state index is 0.224. The zero-order valence-electron chi connectivity index (χ0n) is 14.5. The van der Waals surface area contributed by atoms with Crippen LogP contribution in [0.4, 0.5) is 17.1 Å². The van der Waals surface area contributed by atoms with Crippen LogP contribution in [0, 0.1) is 0 Å². The number of carbonyl (C=O) groups is 2. The van der Waals surface area contributed by atoms with Crippen LogP contribution in [-0.2, 0) is 9.53 Å². The third-order valence-corrected chi connectivity index (χ3v) is 3.88. The number of benzene rings is 3. The molecule has 0 saturated carbocycles. The maximum absolute atomic E-state index is 12.1. The summed E-state index contributed by atoms with van der Waals surface area (Å²) in [5.74, 6) is -0.688. The third kappa shape index (κ3) is 4.16. The average molecular weight is 345 g/mol. The molecule has 3 rings (SSSR count). The Hall–Kier alpha value is -3.40. The molecule has 4 nitrogen and oxygen atoms in total. The van der Waals surface area contributed by atoms with Gasteiger partial charge in [-0.3, -0.25) is 9.59 Å². The summed E-state index contributed by atoms with van der Waals surface area (Å²) in [6, 6.07) is 27.3. The Bertz CT molecular complexity index is 835. The van der Waals surface area contributed by atoms with Gasteiger partial charge in [0.2, 0.25) is 0 Å². The number of hydrogen-bond donors (Lipinski definition) is 0. The van der Waals surface area contributed by atoms with Crippen LogP contribution in [0.1, 0.15) is 17.3 Å². The molecule has 0 aliphatic rings. The highest BCUT2D eigenvalue weighted by atomic mass is 16.5. The fourth-order valence-electron chi connectivity index (χ4n) is 2.65. The van der Waals surface area contributed by atoms with E-state index in [0.29, 0.717) is 5.56 Å². The lowest BCUT2D eigenvalue weighted by Crippen LogP contribution is -2.13. The van der Waals surface area contributed by atoms with Crippen molar-refractivity contribution in [2.24, 2.45) is 0 Å². The number of esters is 1. The average Bonchev–Trinajstić information content (AvgIpc) is 2.68. The Kier molecular flexibility index (Phi) is 5.44. The van der Waals surface area contributed by atoms with E-state index in [9.17, 15) is 9.59 Å². The number of ether oxygens (including phenoxy) is 1. The maximum Gasteiger partial charge on any atom is 0.303 e. The van der Waals surface area contributed by atoms with E-state index in [2.05, 4.69) is 4.90 Å². The quantitative estimate of drug-likeness (QED) is 0.471. The van der Waals surface area contributed by atoms with Gasteiger partial charge in [0, 0.05) is 29.5 Å². The first-order chi connectivity index (χ1) is 12.6. The Labute approximate surface area is 152 Å². The molecular formula is C22H19NO3. The zero-order valence-corrected chi connectivity index (χ0v) is 14.5. The van der Waals surface area contributed by atoms with Crippen LogP contribution in [0.15, 0.2) is 84.9 Å². The third-order valence-electron chi connectivity index (χ3n) is 3.88. The van der Waals surface area contributed by atoms with Crippen LogP contribution in [0.5, 0.6) is 0 Å². The van der Waals surface area contributed by atoms with Crippen LogP contribution in [0.25, 0.3) is 0 Å². The molecule has 3 aromatic carbocycles. The lowest BCUT2D eigenvalue weighted by Gasteiger charge is -2.25. The van der Waals surface area contributed by atoms with Crippen molar-refractivity contribution < 1.29 is 14.3 Å². The molecule has 3 aromatic rings. The monoisotopic (exact) mass is 345 g/mol. The van der Waals surface area contributed by atoms with Crippen LogP contribution in [-0.4, -0.2) is 18.4 Å². The Morgan fingerprint density at radius 3 is 1.65 bits per heavy atom. The number of carbonyl (C=O) groups excluding carboxylic acids is 2. The van der Waals surface area contributed by atoms with Crippen molar-refractivity contribution in [1.29, 1.82) is 0 Å². The molecule has 0 aliphatic heterocycles. The normalized spacial score (nSPS) is 10.2. The smallest absolute Gasteiger partial charge is 0.303 e. The predicted molar refractivity (Wildman–Crippen MR) is 102 cm³/mol. The van der Waals surface area contributed by atoms with Crippen LogP contribution < -0.4 is 4.90 Å². The van der Waals surface area contributed by atoms with Crippen molar-refractivity contribution in [1.82, 2.24) is 0 Å². The largest absolute Gasteiger partial charge is 0.457 e. The molecule has 0 bridgehead atoms. The summed E-state index contributed by atoms with van der Waals surface area (Å²) in [7, 11) is 0. The van der Waals surface area contributed by atoms with E-state index in [1.165, 1.54) is 6.92 Å². The van der Waals surface area contributed by atoms with Gasteiger partial charge < -0.3 is 9.64 Å². The minimum atomic E-state index is -0.464. The lowest BCUT2D eigenvalue weighted by atomic mass is 10.1. The molecule has 26 heavy (non-hydrogen) atoms. The second-order valence-electron chi connectivity index (χ2n) is 5.76. The predicted octanol–water partition coefficient (Wildman–Crippen LogP) is 4.90. The molecule has 130 valence electrons. The van der Waals surface area contributed by atoms with Crippen LogP contribution >= 0.6 is 0 Å². The van der Waals surface area contributed by atoms with Crippen molar-refractivity contribution in [2.75, 3.05) is 11.5 Å². The lowest BCUT2D eigenvalue weighted by molar-refractivity contribution is -0.139. The molecule has 0 radical (unpaired) electrons. The summed E-state index contributed by atoms with van der Waals surface area (Å²) in [6.45, 7) is 1.05. The van der Waals surface area contributed by atoms with Gasteiger partial charge in [0.05, 0.1) is 0 Å². The molecule has 0 aromatic heterocycles. The van der Waals surface area contributed by atoms with Gasteiger partial charge in [0.1, 0.15) is 0 Å². The summed E-state index contributed by atoms with van der Waals surface area (Å²) in [4.78, 5) is 25.0. The summed E-state index contributed by atoms with van der Waals surface area (Å²) in [6.07, 6.45) is 0. The van der Waals surface area contributed by atoms with E-state index in [4.69, 9.17) is 4.74 Å². The molecule has 4 heteroatoms. The summed E-state index contributed by atoms with van der Waals surface area (Å²) in [5.41, 5.74) is 3.50. The van der Waals surface area contributed by atoms with Gasteiger partial charge in [0.15, 0.2) is 12.4 Å². The second kappa shape index (κ2) is 8.12. The van der Waals surface area contributed by atoms with E-state index >= 15 is 0 Å². The molecule has 0 N–H and O–H groups in total. The molecule has 0 saturated heterocycles. The molecule has 0 aliphatic carbocycles. The Morgan fingerprint density at radius 1 is 0.731 bits per heavy atom. The number of anilines is 3. The highest BCUT2D eigenvalue weighted by Crippen LogP contribution is 2.33. The Morgan fingerprint density at radius 2 is 1.19 bits per heavy atom. The van der Waals surface area contributed by atoms with Gasteiger partial charge in [-0.05, 0) is 48.5 Å². The van der Waals surface area contributed by atoms with Gasteiger partial charge in [-0.1, -0.05) is 36.4 Å². The van der Waals surface area contributed by atoms with Crippen molar-refractivity contribution in [3.05, 3.63) is 90.5 Å². The number of Topliss-reactive ketones (excluding diaryl/α,β-unsaturated/α-hetero) is 1. The summed E-state index contributed by atoms with van der Waals surface area (Å²) < 4.78 is 4.78. The van der Waals surface area contributed by atoms with Crippen molar-refractivity contribution in [3.8, 4) is 0 Å². The standard InChI is InChI=1S/C22H19NO3/c1-17(24)26-16-22(25)18-12-14-21(15-13-18)23(19-8-4-2-5-9-19)20-10-6-3-7-11-20/h2-15H,16H2,1H3. The zero-order chi connectivity index (χ0) is 18.4. The van der Waals surface area contributed by atoms with Gasteiger partial charge in [-0.2, -0.15) is 0 Å². The first-order valence-corrected chi connectivity index (χ1v) is 8.32. The van der Waals surface area contributed by atoms with Crippen LogP contribution in [0.3, 0.4) is 0 Å². The van der Waals surface area contributed by atoms with E-state index in [1.807, 2.05) is 72.8 Å². The van der Waals surface area contributed by atoms with E-state index in [1.54, 1.807) is 12.1 Å². The number of rotatable bonds is 6. The molecule has 0 amide bonds. The van der Waals surface area contributed by atoms with Crippen LogP contribution in [0.2, 0.25) is 0 Å². The topological polar surface area (TPSA) is 46.6 Å². The van der Waals surface area contributed by atoms with Gasteiger partial charge in [-0.15, -0.1) is 0 Å². The number of hydrogen-bond acceptors (Lipinski definition) is 4. The highest BCUT2D eigenvalue weighted by molar-refractivity contribution is 5.98. The molecule has 0 heterocycles. The number of nitrogens with zero attached hydrogens (tertiary/aromatic N) is 1. The van der Waals surface area contributed by atoms with Crippen molar-refractivity contribution in [3.63, 3.8) is 0 Å². The fourth-order valence-corrected chi connectivity index (χ4v) is 2.65. The number of ketones is 1. The second-order valence-corrected chi connectivity index (χ2v) is 5.76. The van der Waals surface area contributed by atoms with Crippen molar-refractivity contribution in [2.45, 2.75) is 6.92 Å². The van der Waals surface area contributed by atoms with E-state index < -0.39 is 5.97 Å². The summed E-state index contributed by atoms with van der Waals surface area (Å²) in [5, 5.41) is 0. The number of para-hydroxylation sites is 2. The first kappa shape index (κ1) is 17.4. The minimum Gasteiger partial charge on any atom is -0.457 e. The molecule has 0 fully saturated rings. The molecular weight excluding hydrogens is 326 g/mol. The van der Waals surface area contributed by atoms with Gasteiger partial charge >= 0.3 is 5.97 Å². The first-order valence-electron chi connectivity index (χ1n) is 8.32. The SMILES string of the molecule is CC(=O)OCC(=O)c1ccc(N(c2ccccc2)c2ccccc2)cc1.